The molecule has 0 N–H and O–H groups in total. The average molecular weight is 232 g/mol. The Morgan fingerprint density at radius 3 is 2.31 bits per heavy atom. The number of rotatable bonds is 2. The van der Waals surface area contributed by atoms with Crippen molar-refractivity contribution >= 4 is 35.0 Å². The van der Waals surface area contributed by atoms with Crippen LogP contribution in [0.3, 0.4) is 0 Å². The predicted octanol–water partition coefficient (Wildman–Crippen LogP) is 4.00. The minimum Gasteiger partial charge on any atom is -0.197 e. The minimum absolute atomic E-state index is 0.0884. The highest BCUT2D eigenvalue weighted by Gasteiger charge is 2.04. The lowest BCUT2D eigenvalue weighted by molar-refractivity contribution is 1.23. The van der Waals surface area contributed by atoms with Crippen molar-refractivity contribution in [3.05, 3.63) is 28.2 Å². The highest BCUT2D eigenvalue weighted by atomic mass is 35.5. The van der Waals surface area contributed by atoms with Gasteiger partial charge in [0, 0.05) is 14.9 Å². The third-order valence-corrected chi connectivity index (χ3v) is 2.73. The number of thioether (sulfide) groups is 1. The van der Waals surface area contributed by atoms with E-state index in [1.165, 1.54) is 11.8 Å². The molecule has 4 heteroatoms. The Hall–Kier alpha value is -0.360. The summed E-state index contributed by atoms with van der Waals surface area (Å²) in [6.07, 6.45) is 0. The summed E-state index contributed by atoms with van der Waals surface area (Å²) in [5, 5.41) is 9.70. The molecule has 13 heavy (non-hydrogen) atoms. The largest absolute Gasteiger partial charge is 0.197 e. The predicted molar refractivity (Wildman–Crippen MR) is 57.4 cm³/mol. The van der Waals surface area contributed by atoms with Crippen LogP contribution in [-0.4, -0.2) is 5.25 Å². The lowest BCUT2D eigenvalue weighted by Gasteiger charge is -2.03. The van der Waals surface area contributed by atoms with Gasteiger partial charge in [0.05, 0.1) is 11.3 Å². The Morgan fingerprint density at radius 2 is 1.85 bits per heavy atom. The Morgan fingerprint density at radius 1 is 1.31 bits per heavy atom. The molecule has 1 rings (SSSR count). The Balaban J connectivity index is 2.84. The van der Waals surface area contributed by atoms with Crippen molar-refractivity contribution in [1.82, 2.24) is 0 Å². The minimum atomic E-state index is -0.0884. The van der Waals surface area contributed by atoms with Crippen molar-refractivity contribution in [1.29, 1.82) is 5.26 Å². The molecule has 0 spiro atoms. The van der Waals surface area contributed by atoms with Crippen LogP contribution in [0.25, 0.3) is 0 Å². The van der Waals surface area contributed by atoms with Gasteiger partial charge in [-0.05, 0) is 25.1 Å². The normalized spacial score (nSPS) is 12.2. The SMILES string of the molecule is CC(C#N)Sc1cc(Cl)cc(Cl)c1. The van der Waals surface area contributed by atoms with Crippen molar-refractivity contribution in [3.8, 4) is 6.07 Å². The maximum Gasteiger partial charge on any atom is 0.0935 e. The molecule has 1 atom stereocenters. The molecule has 0 aromatic heterocycles. The van der Waals surface area contributed by atoms with E-state index < -0.39 is 0 Å². The van der Waals surface area contributed by atoms with Crippen molar-refractivity contribution < 1.29 is 0 Å². The monoisotopic (exact) mass is 231 g/mol. The number of hydrogen-bond acceptors (Lipinski definition) is 2. The van der Waals surface area contributed by atoms with Crippen LogP contribution in [0.1, 0.15) is 6.92 Å². The Bertz CT molecular complexity index is 326. The molecule has 68 valence electrons. The molecule has 1 nitrogen and oxygen atoms in total. The lowest BCUT2D eigenvalue weighted by atomic mass is 10.4. The smallest absolute Gasteiger partial charge is 0.0935 e. The summed E-state index contributed by atoms with van der Waals surface area (Å²) in [5.41, 5.74) is 0. The average Bonchev–Trinajstić information content (AvgIpc) is 2.02. The molecular formula is C9H7Cl2NS. The molecule has 0 aliphatic rings. The van der Waals surface area contributed by atoms with Crippen molar-refractivity contribution in [3.63, 3.8) is 0 Å². The molecule has 1 unspecified atom stereocenters. The third kappa shape index (κ3) is 3.48. The number of nitrogens with zero attached hydrogens (tertiary/aromatic N) is 1. The molecule has 0 fully saturated rings. The van der Waals surface area contributed by atoms with E-state index in [2.05, 4.69) is 6.07 Å². The second kappa shape index (κ2) is 4.76. The van der Waals surface area contributed by atoms with E-state index in [9.17, 15) is 0 Å². The zero-order valence-electron chi connectivity index (χ0n) is 6.92. The first kappa shape index (κ1) is 10.7. The summed E-state index contributed by atoms with van der Waals surface area (Å²) < 4.78 is 0. The molecule has 0 saturated heterocycles. The van der Waals surface area contributed by atoms with Crippen LogP contribution in [0.15, 0.2) is 23.1 Å². The van der Waals surface area contributed by atoms with Crippen LogP contribution in [0.4, 0.5) is 0 Å². The quantitative estimate of drug-likeness (QED) is 0.719. The molecule has 0 saturated carbocycles. The molecule has 0 amide bonds. The molecule has 0 heterocycles. The third-order valence-electron chi connectivity index (χ3n) is 1.33. The van der Waals surface area contributed by atoms with E-state index in [4.69, 9.17) is 28.5 Å². The fourth-order valence-electron chi connectivity index (χ4n) is 0.827. The topological polar surface area (TPSA) is 23.8 Å². The van der Waals surface area contributed by atoms with Crippen molar-refractivity contribution in [2.45, 2.75) is 17.1 Å². The van der Waals surface area contributed by atoms with Gasteiger partial charge in [0.15, 0.2) is 0 Å². The van der Waals surface area contributed by atoms with Crippen LogP contribution in [0.5, 0.6) is 0 Å². The maximum absolute atomic E-state index is 8.60. The van der Waals surface area contributed by atoms with Gasteiger partial charge in [0.2, 0.25) is 0 Å². The number of nitriles is 1. The van der Waals surface area contributed by atoms with Gasteiger partial charge < -0.3 is 0 Å². The summed E-state index contributed by atoms with van der Waals surface area (Å²) in [7, 11) is 0. The van der Waals surface area contributed by atoms with Gasteiger partial charge in [-0.2, -0.15) is 5.26 Å². The van der Waals surface area contributed by atoms with Gasteiger partial charge in [-0.25, -0.2) is 0 Å². The van der Waals surface area contributed by atoms with Crippen molar-refractivity contribution in [2.24, 2.45) is 0 Å². The standard InChI is InChI=1S/C9H7Cl2NS/c1-6(5-12)13-9-3-7(10)2-8(11)4-9/h2-4,6H,1H3. The second-order valence-electron chi connectivity index (χ2n) is 2.49. The van der Waals surface area contributed by atoms with Crippen LogP contribution < -0.4 is 0 Å². The first-order chi connectivity index (χ1) is 6.11. The van der Waals surface area contributed by atoms with Crippen LogP contribution >= 0.6 is 35.0 Å². The molecule has 0 aliphatic heterocycles. The van der Waals surface area contributed by atoms with E-state index >= 15 is 0 Å². The number of benzene rings is 1. The van der Waals surface area contributed by atoms with Gasteiger partial charge in [-0.3, -0.25) is 0 Å². The Labute approximate surface area is 91.6 Å². The highest BCUT2D eigenvalue weighted by Crippen LogP contribution is 2.28. The number of halogens is 2. The van der Waals surface area contributed by atoms with Crippen LogP contribution in [0, 0.1) is 11.3 Å². The summed E-state index contributed by atoms with van der Waals surface area (Å²) in [4.78, 5) is 0.923. The molecule has 0 bridgehead atoms. The van der Waals surface area contributed by atoms with Crippen molar-refractivity contribution in [2.75, 3.05) is 0 Å². The molecule has 0 radical (unpaired) electrons. The molecule has 0 aliphatic carbocycles. The first-order valence-electron chi connectivity index (χ1n) is 3.64. The van der Waals surface area contributed by atoms with E-state index in [1.54, 1.807) is 18.2 Å². The molecular weight excluding hydrogens is 225 g/mol. The van der Waals surface area contributed by atoms with Gasteiger partial charge in [-0.15, -0.1) is 11.8 Å². The van der Waals surface area contributed by atoms with E-state index in [0.29, 0.717) is 10.0 Å². The number of hydrogen-bond donors (Lipinski definition) is 0. The summed E-state index contributed by atoms with van der Waals surface area (Å²) in [5.74, 6) is 0. The zero-order valence-corrected chi connectivity index (χ0v) is 9.25. The highest BCUT2D eigenvalue weighted by molar-refractivity contribution is 8.00. The summed E-state index contributed by atoms with van der Waals surface area (Å²) >= 11 is 13.0. The van der Waals surface area contributed by atoms with Gasteiger partial charge in [0.25, 0.3) is 0 Å². The second-order valence-corrected chi connectivity index (χ2v) is 4.78. The van der Waals surface area contributed by atoms with Crippen LogP contribution in [0.2, 0.25) is 10.0 Å². The fourth-order valence-corrected chi connectivity index (χ4v) is 2.33. The van der Waals surface area contributed by atoms with E-state index in [0.717, 1.165) is 4.90 Å². The van der Waals surface area contributed by atoms with Crippen LogP contribution in [-0.2, 0) is 0 Å². The van der Waals surface area contributed by atoms with Gasteiger partial charge in [0.1, 0.15) is 0 Å². The van der Waals surface area contributed by atoms with E-state index in [-0.39, 0.29) is 5.25 Å². The van der Waals surface area contributed by atoms with Gasteiger partial charge >= 0.3 is 0 Å². The maximum atomic E-state index is 8.60. The lowest BCUT2D eigenvalue weighted by Crippen LogP contribution is -1.88. The zero-order chi connectivity index (χ0) is 9.84. The Kier molecular flexibility index (Phi) is 3.92. The molecule has 1 aromatic rings. The molecule has 1 aromatic carbocycles. The van der Waals surface area contributed by atoms with E-state index in [1.807, 2.05) is 6.92 Å². The summed E-state index contributed by atoms with van der Waals surface area (Å²) in [6.45, 7) is 1.83. The first-order valence-corrected chi connectivity index (χ1v) is 5.28. The summed E-state index contributed by atoms with van der Waals surface area (Å²) in [6, 6.07) is 7.40. The van der Waals surface area contributed by atoms with Gasteiger partial charge in [-0.1, -0.05) is 23.2 Å². The fraction of sp³-hybridized carbons (Fsp3) is 0.222.